The van der Waals surface area contributed by atoms with Crippen molar-refractivity contribution in [3.8, 4) is 0 Å². The van der Waals surface area contributed by atoms with E-state index in [9.17, 15) is 17.2 Å². The first-order valence-electron chi connectivity index (χ1n) is 2.94. The predicted octanol–water partition coefficient (Wildman–Crippen LogP) is -0.598. The molecule has 0 aromatic heterocycles. The molecule has 0 radical (unpaired) electrons. The van der Waals surface area contributed by atoms with Crippen LogP contribution in [0.1, 0.15) is 0 Å². The van der Waals surface area contributed by atoms with E-state index in [1.807, 2.05) is 4.72 Å². The van der Waals surface area contributed by atoms with E-state index in [4.69, 9.17) is 0 Å². The van der Waals surface area contributed by atoms with Crippen LogP contribution in [0.25, 0.3) is 0 Å². The highest BCUT2D eigenvalue weighted by Gasteiger charge is 2.49. The average molecular weight is 186 g/mol. The minimum atomic E-state index is -3.63. The predicted molar refractivity (Wildman–Crippen MR) is 34.5 cm³/mol. The smallest absolute Gasteiger partial charge is 0.205 e. The molecule has 4 nitrogen and oxygen atoms in total. The van der Waals surface area contributed by atoms with Gasteiger partial charge >= 0.3 is 0 Å². The van der Waals surface area contributed by atoms with Crippen molar-refractivity contribution in [3.05, 3.63) is 0 Å². The Morgan fingerprint density at radius 1 is 1.45 bits per heavy atom. The van der Waals surface area contributed by atoms with Gasteiger partial charge in [-0.15, -0.1) is 0 Å². The molecule has 0 bridgehead atoms. The van der Waals surface area contributed by atoms with Gasteiger partial charge in [0.25, 0.3) is 16.1 Å². The first kappa shape index (κ1) is 8.82. The van der Waals surface area contributed by atoms with Crippen LogP contribution in [0.15, 0.2) is 0 Å². The Morgan fingerprint density at radius 2 is 1.91 bits per heavy atom. The highest BCUT2D eigenvalue weighted by molar-refractivity contribution is 7.87. The summed E-state index contributed by atoms with van der Waals surface area (Å²) in [6.07, 6.45) is 0. The zero-order chi connectivity index (χ0) is 8.70. The quantitative estimate of drug-likeness (QED) is 0.626. The van der Waals surface area contributed by atoms with Crippen LogP contribution >= 0.6 is 0 Å². The monoisotopic (exact) mass is 186 g/mol. The molecule has 0 unspecified atom stereocenters. The number of nitrogens with one attached hydrogen (secondary N) is 1. The zero-order valence-corrected chi connectivity index (χ0v) is 6.66. The van der Waals surface area contributed by atoms with Gasteiger partial charge in [0.05, 0.1) is 13.1 Å². The van der Waals surface area contributed by atoms with E-state index >= 15 is 0 Å². The van der Waals surface area contributed by atoms with Crippen molar-refractivity contribution < 1.29 is 17.2 Å². The molecule has 1 heterocycles. The largest absolute Gasteiger partial charge is 0.279 e. The Morgan fingerprint density at radius 3 is 2.18 bits per heavy atom. The summed E-state index contributed by atoms with van der Waals surface area (Å²) in [7, 11) is -2.44. The normalized spacial score (nSPS) is 24.6. The highest BCUT2D eigenvalue weighted by atomic mass is 32.2. The third-order valence-electron chi connectivity index (χ3n) is 1.41. The highest BCUT2D eigenvalue weighted by Crippen LogP contribution is 2.28. The van der Waals surface area contributed by atoms with Crippen molar-refractivity contribution >= 4 is 10.2 Å². The molecule has 1 N–H and O–H groups in total. The third kappa shape index (κ3) is 1.66. The van der Waals surface area contributed by atoms with E-state index in [1.165, 1.54) is 7.05 Å². The second-order valence-corrected chi connectivity index (χ2v) is 4.21. The van der Waals surface area contributed by atoms with Crippen molar-refractivity contribution in [1.82, 2.24) is 9.03 Å². The Kier molecular flexibility index (Phi) is 1.89. The maximum Gasteiger partial charge on any atom is 0.279 e. The van der Waals surface area contributed by atoms with Gasteiger partial charge in [-0.1, -0.05) is 0 Å². The van der Waals surface area contributed by atoms with Crippen LogP contribution < -0.4 is 4.72 Å². The Balaban J connectivity index is 2.58. The molecule has 0 aromatic rings. The van der Waals surface area contributed by atoms with Crippen LogP contribution in [0.5, 0.6) is 0 Å². The van der Waals surface area contributed by atoms with Crippen LogP contribution in [0, 0.1) is 0 Å². The standard InChI is InChI=1S/C4H8F2N2O2S/c1-7-11(9,10)8-2-4(5,6)3-8/h7H,2-3H2,1H3. The lowest BCUT2D eigenvalue weighted by Gasteiger charge is -2.36. The van der Waals surface area contributed by atoms with Crippen LogP contribution in [0.3, 0.4) is 0 Å². The topological polar surface area (TPSA) is 49.4 Å². The summed E-state index contributed by atoms with van der Waals surface area (Å²) in [5.41, 5.74) is 0. The molecular weight excluding hydrogens is 178 g/mol. The molecule has 0 amide bonds. The van der Waals surface area contributed by atoms with Gasteiger partial charge < -0.3 is 0 Å². The first-order chi connectivity index (χ1) is 4.87. The SMILES string of the molecule is CNS(=O)(=O)N1CC(F)(F)C1. The number of hydrogen-bond donors (Lipinski definition) is 1. The zero-order valence-electron chi connectivity index (χ0n) is 5.84. The molecule has 66 valence electrons. The van der Waals surface area contributed by atoms with Crippen molar-refractivity contribution in [2.45, 2.75) is 5.92 Å². The molecule has 1 aliphatic heterocycles. The van der Waals surface area contributed by atoms with Gasteiger partial charge in [0.2, 0.25) is 0 Å². The fourth-order valence-electron chi connectivity index (χ4n) is 0.769. The van der Waals surface area contributed by atoms with Gasteiger partial charge in [-0.25, -0.2) is 13.5 Å². The Bertz CT molecular complexity index is 243. The molecule has 0 aliphatic carbocycles. The molecule has 1 fully saturated rings. The summed E-state index contributed by atoms with van der Waals surface area (Å²) in [4.78, 5) is 0. The molecule has 0 saturated carbocycles. The van der Waals surface area contributed by atoms with E-state index in [1.54, 1.807) is 0 Å². The fraction of sp³-hybridized carbons (Fsp3) is 1.00. The summed E-state index contributed by atoms with van der Waals surface area (Å²) in [5.74, 6) is -2.84. The number of rotatable bonds is 2. The molecule has 0 atom stereocenters. The fourth-order valence-corrected chi connectivity index (χ4v) is 1.74. The lowest BCUT2D eigenvalue weighted by Crippen LogP contribution is -2.60. The lowest BCUT2D eigenvalue weighted by molar-refractivity contribution is -0.0948. The Labute approximate surface area is 63.4 Å². The maximum absolute atomic E-state index is 12.1. The van der Waals surface area contributed by atoms with Crippen molar-refractivity contribution in [2.75, 3.05) is 20.1 Å². The van der Waals surface area contributed by atoms with Gasteiger partial charge in [0.1, 0.15) is 0 Å². The van der Waals surface area contributed by atoms with Crippen LogP contribution in [0.4, 0.5) is 8.78 Å². The molecule has 11 heavy (non-hydrogen) atoms. The van der Waals surface area contributed by atoms with Crippen LogP contribution in [0.2, 0.25) is 0 Å². The first-order valence-corrected chi connectivity index (χ1v) is 4.38. The summed E-state index contributed by atoms with van der Waals surface area (Å²) in [5, 5.41) is 0. The number of alkyl halides is 2. The molecule has 7 heteroatoms. The van der Waals surface area contributed by atoms with E-state index in [0.717, 1.165) is 0 Å². The third-order valence-corrected chi connectivity index (χ3v) is 2.87. The lowest BCUT2D eigenvalue weighted by atomic mass is 10.2. The number of halogens is 2. The molecule has 1 saturated heterocycles. The molecule has 1 rings (SSSR count). The molecule has 0 spiro atoms. The van der Waals surface area contributed by atoms with Crippen LogP contribution in [-0.2, 0) is 10.2 Å². The van der Waals surface area contributed by atoms with Crippen molar-refractivity contribution in [2.24, 2.45) is 0 Å². The second kappa shape index (κ2) is 2.36. The molecule has 1 aliphatic rings. The molecular formula is C4H8F2N2O2S. The van der Waals surface area contributed by atoms with Gasteiger partial charge in [-0.3, -0.25) is 0 Å². The summed E-state index contributed by atoms with van der Waals surface area (Å²) >= 11 is 0. The number of hydrogen-bond acceptors (Lipinski definition) is 2. The van der Waals surface area contributed by atoms with Gasteiger partial charge in [0.15, 0.2) is 0 Å². The Hall–Kier alpha value is -0.270. The minimum absolute atomic E-state index is 0.688. The van der Waals surface area contributed by atoms with E-state index in [2.05, 4.69) is 0 Å². The van der Waals surface area contributed by atoms with Crippen molar-refractivity contribution in [1.29, 1.82) is 0 Å². The summed E-state index contributed by atoms with van der Waals surface area (Å²) in [6.45, 7) is -1.42. The second-order valence-electron chi connectivity index (χ2n) is 2.33. The summed E-state index contributed by atoms with van der Waals surface area (Å²) < 4.78 is 48.4. The number of nitrogens with zero attached hydrogens (tertiary/aromatic N) is 1. The van der Waals surface area contributed by atoms with Crippen LogP contribution in [-0.4, -0.2) is 38.8 Å². The van der Waals surface area contributed by atoms with Crippen molar-refractivity contribution in [3.63, 3.8) is 0 Å². The van der Waals surface area contributed by atoms with Gasteiger partial charge in [-0.05, 0) is 0 Å². The minimum Gasteiger partial charge on any atom is -0.205 e. The average Bonchev–Trinajstić information content (AvgIpc) is 1.83. The summed E-state index contributed by atoms with van der Waals surface area (Å²) in [6, 6.07) is 0. The van der Waals surface area contributed by atoms with E-state index < -0.39 is 29.2 Å². The van der Waals surface area contributed by atoms with E-state index in [0.29, 0.717) is 4.31 Å². The van der Waals surface area contributed by atoms with Gasteiger partial charge in [-0.2, -0.15) is 12.7 Å². The molecule has 0 aromatic carbocycles. The maximum atomic E-state index is 12.1. The van der Waals surface area contributed by atoms with Gasteiger partial charge in [0, 0.05) is 7.05 Å². The van der Waals surface area contributed by atoms with E-state index in [-0.39, 0.29) is 0 Å².